The number of nitrogens with one attached hydrogen (secondary N) is 2. The lowest BCUT2D eigenvalue weighted by Crippen LogP contribution is -2.44. The van der Waals surface area contributed by atoms with Crippen molar-refractivity contribution in [3.63, 3.8) is 0 Å². The quantitative estimate of drug-likeness (QED) is 0.775. The van der Waals surface area contributed by atoms with Gasteiger partial charge in [-0.15, -0.1) is 0 Å². The van der Waals surface area contributed by atoms with Crippen LogP contribution in [0.25, 0.3) is 11.0 Å². The first kappa shape index (κ1) is 15.2. The van der Waals surface area contributed by atoms with Gasteiger partial charge in [0.15, 0.2) is 0 Å². The molecule has 24 heavy (non-hydrogen) atoms. The van der Waals surface area contributed by atoms with E-state index in [4.69, 9.17) is 4.98 Å². The molecule has 1 fully saturated rings. The van der Waals surface area contributed by atoms with Crippen LogP contribution in [0.1, 0.15) is 18.4 Å². The van der Waals surface area contributed by atoms with Gasteiger partial charge in [0.25, 0.3) is 0 Å². The monoisotopic (exact) mass is 320 g/mol. The Hall–Kier alpha value is -2.33. The van der Waals surface area contributed by atoms with Crippen LogP contribution in [0.3, 0.4) is 0 Å². The zero-order valence-electron chi connectivity index (χ0n) is 14.1. The summed E-state index contributed by atoms with van der Waals surface area (Å²) in [5, 5.41) is 7.32. The van der Waals surface area contributed by atoms with Gasteiger partial charge in [-0.1, -0.05) is 42.5 Å². The summed E-state index contributed by atoms with van der Waals surface area (Å²) in [5.41, 5.74) is 3.63. The molecule has 0 amide bonds. The van der Waals surface area contributed by atoms with Crippen molar-refractivity contribution in [1.82, 2.24) is 14.9 Å². The van der Waals surface area contributed by atoms with Crippen molar-refractivity contribution in [2.24, 2.45) is 7.05 Å². The van der Waals surface area contributed by atoms with Crippen molar-refractivity contribution in [3.05, 3.63) is 60.2 Å². The van der Waals surface area contributed by atoms with Gasteiger partial charge in [0.05, 0.1) is 11.0 Å². The van der Waals surface area contributed by atoms with Crippen molar-refractivity contribution in [3.8, 4) is 0 Å². The fourth-order valence-electron chi connectivity index (χ4n) is 3.65. The molecule has 2 aromatic carbocycles. The number of para-hydroxylation sites is 2. The van der Waals surface area contributed by atoms with Crippen molar-refractivity contribution in [2.75, 3.05) is 11.9 Å². The van der Waals surface area contributed by atoms with E-state index in [2.05, 4.69) is 70.8 Å². The van der Waals surface area contributed by atoms with Gasteiger partial charge in [0, 0.05) is 19.1 Å². The summed E-state index contributed by atoms with van der Waals surface area (Å²) in [5.74, 6) is 0.974. The molecule has 124 valence electrons. The van der Waals surface area contributed by atoms with Crippen LogP contribution in [0.5, 0.6) is 0 Å². The molecule has 3 aromatic rings. The first-order valence-corrected chi connectivity index (χ1v) is 8.75. The summed E-state index contributed by atoms with van der Waals surface area (Å²) in [7, 11) is 2.08. The first-order valence-electron chi connectivity index (χ1n) is 8.75. The molecule has 1 saturated heterocycles. The largest absolute Gasteiger partial charge is 0.353 e. The van der Waals surface area contributed by atoms with E-state index in [1.807, 2.05) is 6.07 Å². The fourth-order valence-corrected chi connectivity index (χ4v) is 3.65. The molecule has 1 aliphatic rings. The molecule has 0 saturated carbocycles. The van der Waals surface area contributed by atoms with Crippen molar-refractivity contribution >= 4 is 17.0 Å². The summed E-state index contributed by atoms with van der Waals surface area (Å²) in [6.07, 6.45) is 3.34. The van der Waals surface area contributed by atoms with Gasteiger partial charge < -0.3 is 15.2 Å². The summed E-state index contributed by atoms with van der Waals surface area (Å²) in [6, 6.07) is 20.0. The van der Waals surface area contributed by atoms with Crippen LogP contribution in [0.4, 0.5) is 5.95 Å². The Labute approximate surface area is 142 Å². The molecule has 2 N–H and O–H groups in total. The van der Waals surface area contributed by atoms with Crippen LogP contribution < -0.4 is 10.6 Å². The minimum atomic E-state index is 0.468. The van der Waals surface area contributed by atoms with Crippen molar-refractivity contribution in [1.29, 1.82) is 0 Å². The Bertz CT molecular complexity index is 809. The number of anilines is 1. The topological polar surface area (TPSA) is 41.9 Å². The summed E-state index contributed by atoms with van der Waals surface area (Å²) in [4.78, 5) is 4.75. The molecule has 2 heterocycles. The van der Waals surface area contributed by atoms with E-state index < -0.39 is 0 Å². The lowest BCUT2D eigenvalue weighted by atomic mass is 9.94. The highest BCUT2D eigenvalue weighted by Gasteiger charge is 2.23. The summed E-state index contributed by atoms with van der Waals surface area (Å²) >= 11 is 0. The number of nitrogens with zero attached hydrogens (tertiary/aromatic N) is 2. The third kappa shape index (κ3) is 3.15. The standard InChI is InChI=1S/C20H24N4/c1-24-19-10-6-5-9-18(19)23-20(24)22-16-11-12-21-17(14-16)13-15-7-3-2-4-8-15/h2-10,16-17,21H,11-14H2,1H3,(H,22,23)/t16-,17-/m1/s1. The molecule has 2 atom stereocenters. The number of aromatic nitrogens is 2. The molecule has 0 radical (unpaired) electrons. The number of aryl methyl sites for hydroxylation is 1. The minimum Gasteiger partial charge on any atom is -0.353 e. The van der Waals surface area contributed by atoms with Crippen molar-refractivity contribution in [2.45, 2.75) is 31.3 Å². The second kappa shape index (κ2) is 6.65. The van der Waals surface area contributed by atoms with Gasteiger partial charge in [-0.25, -0.2) is 4.98 Å². The molecular weight excluding hydrogens is 296 g/mol. The zero-order valence-corrected chi connectivity index (χ0v) is 14.1. The number of rotatable bonds is 4. The van der Waals surface area contributed by atoms with Crippen LogP contribution in [0.2, 0.25) is 0 Å². The molecule has 4 heteroatoms. The predicted octanol–water partition coefficient (Wildman–Crippen LogP) is 3.35. The molecular formula is C20H24N4. The van der Waals surface area contributed by atoms with Gasteiger partial charge in [-0.2, -0.15) is 0 Å². The smallest absolute Gasteiger partial charge is 0.203 e. The average molecular weight is 320 g/mol. The van der Waals surface area contributed by atoms with Gasteiger partial charge in [0.1, 0.15) is 0 Å². The van der Waals surface area contributed by atoms with Gasteiger partial charge in [-0.3, -0.25) is 0 Å². The van der Waals surface area contributed by atoms with Crippen LogP contribution in [0, 0.1) is 0 Å². The number of fused-ring (bicyclic) bond motifs is 1. The van der Waals surface area contributed by atoms with E-state index >= 15 is 0 Å². The van der Waals surface area contributed by atoms with E-state index in [0.717, 1.165) is 37.3 Å². The Morgan fingerprint density at radius 1 is 1.12 bits per heavy atom. The van der Waals surface area contributed by atoms with Gasteiger partial charge >= 0.3 is 0 Å². The van der Waals surface area contributed by atoms with Crippen LogP contribution >= 0.6 is 0 Å². The third-order valence-corrected chi connectivity index (χ3v) is 4.94. The molecule has 1 aliphatic heterocycles. The van der Waals surface area contributed by atoms with E-state index in [9.17, 15) is 0 Å². The van der Waals surface area contributed by atoms with Gasteiger partial charge in [-0.05, 0) is 43.5 Å². The predicted molar refractivity (Wildman–Crippen MR) is 99.3 cm³/mol. The maximum atomic E-state index is 4.75. The van der Waals surface area contributed by atoms with Crippen LogP contribution in [0.15, 0.2) is 54.6 Å². The number of benzene rings is 2. The molecule has 0 spiro atoms. The lowest BCUT2D eigenvalue weighted by molar-refractivity contribution is 0.372. The summed E-state index contributed by atoms with van der Waals surface area (Å²) < 4.78 is 2.16. The third-order valence-electron chi connectivity index (χ3n) is 4.94. The zero-order chi connectivity index (χ0) is 16.4. The SMILES string of the molecule is Cn1c(N[C@@H]2CCN[C@H](Cc3ccccc3)C2)nc2ccccc21. The second-order valence-electron chi connectivity index (χ2n) is 6.69. The molecule has 4 nitrogen and oxygen atoms in total. The molecule has 1 aromatic heterocycles. The van der Waals surface area contributed by atoms with Crippen LogP contribution in [-0.4, -0.2) is 28.2 Å². The lowest BCUT2D eigenvalue weighted by Gasteiger charge is -2.31. The van der Waals surface area contributed by atoms with E-state index in [-0.39, 0.29) is 0 Å². The second-order valence-corrected chi connectivity index (χ2v) is 6.69. The summed E-state index contributed by atoms with van der Waals surface area (Å²) in [6.45, 7) is 1.05. The molecule has 4 rings (SSSR count). The van der Waals surface area contributed by atoms with E-state index in [0.29, 0.717) is 12.1 Å². The Balaban J connectivity index is 1.45. The van der Waals surface area contributed by atoms with E-state index in [1.54, 1.807) is 0 Å². The maximum absolute atomic E-state index is 4.75. The van der Waals surface area contributed by atoms with Crippen LogP contribution in [-0.2, 0) is 13.5 Å². The normalized spacial score (nSPS) is 21.0. The number of hydrogen-bond donors (Lipinski definition) is 2. The average Bonchev–Trinajstić information content (AvgIpc) is 2.92. The van der Waals surface area contributed by atoms with Gasteiger partial charge in [0.2, 0.25) is 5.95 Å². The molecule has 0 unspecified atom stereocenters. The highest BCUT2D eigenvalue weighted by atomic mass is 15.2. The van der Waals surface area contributed by atoms with Crippen molar-refractivity contribution < 1.29 is 0 Å². The van der Waals surface area contributed by atoms with E-state index in [1.165, 1.54) is 11.1 Å². The maximum Gasteiger partial charge on any atom is 0.203 e. The Morgan fingerprint density at radius 3 is 2.75 bits per heavy atom. The highest BCUT2D eigenvalue weighted by Crippen LogP contribution is 2.21. The minimum absolute atomic E-state index is 0.468. The highest BCUT2D eigenvalue weighted by molar-refractivity contribution is 5.78. The number of hydrogen-bond acceptors (Lipinski definition) is 3. The Morgan fingerprint density at radius 2 is 1.92 bits per heavy atom. The molecule has 0 aliphatic carbocycles. The fraction of sp³-hybridized carbons (Fsp3) is 0.350. The number of imidazole rings is 1. The Kier molecular flexibility index (Phi) is 4.22. The molecule has 0 bridgehead atoms. The number of piperidine rings is 1. The first-order chi connectivity index (χ1) is 11.8.